The van der Waals surface area contributed by atoms with Crippen LogP contribution in [-0.2, 0) is 19.2 Å². The van der Waals surface area contributed by atoms with E-state index in [1.54, 1.807) is 0 Å². The van der Waals surface area contributed by atoms with Gasteiger partial charge in [0, 0.05) is 11.5 Å². The van der Waals surface area contributed by atoms with Crippen molar-refractivity contribution in [1.82, 2.24) is 16.0 Å². The number of aliphatic carboxylic acids is 1. The molecule has 0 aromatic rings. The fourth-order valence-corrected chi connectivity index (χ4v) is 3.18. The smallest absolute Gasteiger partial charge is 0.327 e. The van der Waals surface area contributed by atoms with Gasteiger partial charge < -0.3 is 26.8 Å². The fourth-order valence-electron chi connectivity index (χ4n) is 2.30. The third kappa shape index (κ3) is 11.0. The molecule has 0 fully saturated rings. The molecule has 29 heavy (non-hydrogen) atoms. The molecule has 0 aromatic carbocycles. The molecule has 0 heterocycles. The molecule has 6 N–H and O–H groups in total. The summed E-state index contributed by atoms with van der Waals surface area (Å²) in [6.45, 7) is 3.79. The first kappa shape index (κ1) is 27.9. The highest BCUT2D eigenvalue weighted by atomic mass is 32.2. The van der Waals surface area contributed by atoms with E-state index in [0.29, 0.717) is 18.6 Å². The average Bonchev–Trinajstić information content (AvgIpc) is 2.66. The molecule has 0 saturated heterocycles. The molecule has 0 aliphatic carbocycles. The van der Waals surface area contributed by atoms with Crippen LogP contribution in [0.4, 0.5) is 0 Å². The number of rotatable bonds is 14. The highest BCUT2D eigenvalue weighted by Crippen LogP contribution is 2.08. The fraction of sp³-hybridized carbons (Fsp3) is 0.765. The van der Waals surface area contributed by atoms with Crippen LogP contribution in [0, 0.1) is 5.92 Å². The lowest BCUT2D eigenvalue weighted by atomic mass is 10.0. The van der Waals surface area contributed by atoms with E-state index in [4.69, 9.17) is 10.8 Å². The van der Waals surface area contributed by atoms with Gasteiger partial charge in [0.15, 0.2) is 0 Å². The van der Waals surface area contributed by atoms with Crippen LogP contribution < -0.4 is 21.7 Å². The molecule has 0 rings (SSSR count). The third-order valence-electron chi connectivity index (χ3n) is 3.91. The summed E-state index contributed by atoms with van der Waals surface area (Å²) >= 11 is 9.39. The summed E-state index contributed by atoms with van der Waals surface area (Å²) in [6.07, 6.45) is 2.50. The second kappa shape index (κ2) is 14.8. The van der Waals surface area contributed by atoms with Crippen LogP contribution in [0.25, 0.3) is 0 Å². The van der Waals surface area contributed by atoms with Crippen molar-refractivity contribution < 1.29 is 24.3 Å². The van der Waals surface area contributed by atoms with E-state index in [1.165, 1.54) is 11.8 Å². The van der Waals surface area contributed by atoms with Gasteiger partial charge in [-0.3, -0.25) is 14.4 Å². The largest absolute Gasteiger partial charge is 0.480 e. The van der Waals surface area contributed by atoms with Gasteiger partial charge in [-0.15, -0.1) is 0 Å². The van der Waals surface area contributed by atoms with Crippen LogP contribution in [0.5, 0.6) is 0 Å². The van der Waals surface area contributed by atoms with Crippen LogP contribution >= 0.6 is 37.0 Å². The second-order valence-electron chi connectivity index (χ2n) is 6.90. The Morgan fingerprint density at radius 2 is 1.45 bits per heavy atom. The molecular formula is C17H32N4O5S3. The number of thioether (sulfide) groups is 1. The predicted molar refractivity (Wildman–Crippen MR) is 122 cm³/mol. The van der Waals surface area contributed by atoms with Gasteiger partial charge in [0.2, 0.25) is 17.7 Å². The highest BCUT2D eigenvalue weighted by Gasteiger charge is 2.30. The van der Waals surface area contributed by atoms with Crippen LogP contribution in [0.1, 0.15) is 26.7 Å². The molecule has 4 atom stereocenters. The zero-order valence-corrected chi connectivity index (χ0v) is 19.5. The number of hydrogen-bond acceptors (Lipinski definition) is 8. The number of nitrogens with one attached hydrogen (secondary N) is 3. The Labute approximate surface area is 186 Å². The molecule has 168 valence electrons. The zero-order chi connectivity index (χ0) is 22.6. The van der Waals surface area contributed by atoms with Crippen molar-refractivity contribution in [3.63, 3.8) is 0 Å². The molecule has 3 amide bonds. The lowest BCUT2D eigenvalue weighted by Gasteiger charge is -2.25. The van der Waals surface area contributed by atoms with E-state index in [0.717, 1.165) is 0 Å². The molecule has 0 radical (unpaired) electrons. The van der Waals surface area contributed by atoms with Crippen LogP contribution in [0.3, 0.4) is 0 Å². The molecule has 4 unspecified atom stereocenters. The average molecular weight is 469 g/mol. The molecule has 0 aromatic heterocycles. The SMILES string of the molecule is CSCCC(NC(=O)C(CC(C)C)NC(=O)C(N)CS)C(=O)NC(CS)C(=O)O. The van der Waals surface area contributed by atoms with Gasteiger partial charge in [-0.05, 0) is 30.8 Å². The minimum absolute atomic E-state index is 0.0854. The van der Waals surface area contributed by atoms with Gasteiger partial charge in [-0.2, -0.15) is 37.0 Å². The summed E-state index contributed by atoms with van der Waals surface area (Å²) in [6, 6.07) is -3.85. The van der Waals surface area contributed by atoms with Gasteiger partial charge in [0.25, 0.3) is 0 Å². The monoisotopic (exact) mass is 468 g/mol. The molecule has 12 heteroatoms. The highest BCUT2D eigenvalue weighted by molar-refractivity contribution is 7.98. The Bertz CT molecular complexity index is 565. The molecule has 0 aliphatic rings. The minimum Gasteiger partial charge on any atom is -0.480 e. The molecule has 0 spiro atoms. The lowest BCUT2D eigenvalue weighted by Crippen LogP contribution is -2.57. The van der Waals surface area contributed by atoms with E-state index in [2.05, 4.69) is 41.2 Å². The standard InChI is InChI=1S/C17H32N4O5S3/c1-9(2)6-12(20-14(22)10(18)7-27)16(24)19-11(4-5-29-3)15(23)21-13(8-28)17(25)26/h9-13,27-28H,4-8,18H2,1-3H3,(H,19,24)(H,20,22)(H,21,23)(H,25,26). The number of nitrogens with two attached hydrogens (primary N) is 1. The minimum atomic E-state index is -1.21. The number of hydrogen-bond donors (Lipinski definition) is 7. The van der Waals surface area contributed by atoms with E-state index >= 15 is 0 Å². The first-order valence-electron chi connectivity index (χ1n) is 9.17. The van der Waals surface area contributed by atoms with E-state index < -0.39 is 47.9 Å². The number of amides is 3. The van der Waals surface area contributed by atoms with Gasteiger partial charge >= 0.3 is 5.97 Å². The van der Waals surface area contributed by atoms with Crippen LogP contribution in [-0.4, -0.2) is 76.5 Å². The Kier molecular flexibility index (Phi) is 14.2. The van der Waals surface area contributed by atoms with Crippen LogP contribution in [0.15, 0.2) is 0 Å². The topological polar surface area (TPSA) is 151 Å². The zero-order valence-electron chi connectivity index (χ0n) is 16.9. The Morgan fingerprint density at radius 3 is 1.90 bits per heavy atom. The van der Waals surface area contributed by atoms with Crippen molar-refractivity contribution in [3.8, 4) is 0 Å². The summed E-state index contributed by atoms with van der Waals surface area (Å²) in [5.41, 5.74) is 5.66. The van der Waals surface area contributed by atoms with Crippen LogP contribution in [0.2, 0.25) is 0 Å². The van der Waals surface area contributed by atoms with Crippen molar-refractivity contribution >= 4 is 60.7 Å². The predicted octanol–water partition coefficient (Wildman–Crippen LogP) is -0.488. The maximum Gasteiger partial charge on any atom is 0.327 e. The Hall–Kier alpha value is -1.11. The Morgan fingerprint density at radius 1 is 0.931 bits per heavy atom. The number of carbonyl (C=O) groups excluding carboxylic acids is 3. The lowest BCUT2D eigenvalue weighted by molar-refractivity contribution is -0.141. The molecule has 0 saturated carbocycles. The maximum absolute atomic E-state index is 12.8. The van der Waals surface area contributed by atoms with E-state index in [-0.39, 0.29) is 17.4 Å². The second-order valence-corrected chi connectivity index (χ2v) is 8.62. The number of carbonyl (C=O) groups is 4. The summed E-state index contributed by atoms with van der Waals surface area (Å²) < 4.78 is 0. The van der Waals surface area contributed by atoms with Gasteiger partial charge in [0.1, 0.15) is 18.1 Å². The molecule has 9 nitrogen and oxygen atoms in total. The first-order chi connectivity index (χ1) is 13.6. The van der Waals surface area contributed by atoms with E-state index in [1.807, 2.05) is 20.1 Å². The summed E-state index contributed by atoms with van der Waals surface area (Å²) in [7, 11) is 0. The molecule has 0 aliphatic heterocycles. The third-order valence-corrected chi connectivity index (χ3v) is 5.32. The van der Waals surface area contributed by atoms with E-state index in [9.17, 15) is 19.2 Å². The quantitative estimate of drug-likeness (QED) is 0.170. The Balaban J connectivity index is 5.31. The number of thiol groups is 2. The molecular weight excluding hydrogens is 436 g/mol. The summed E-state index contributed by atoms with van der Waals surface area (Å²) in [5.74, 6) is -2.16. The molecule has 0 bridgehead atoms. The normalized spacial score (nSPS) is 15.1. The first-order valence-corrected chi connectivity index (χ1v) is 11.8. The maximum atomic E-state index is 12.8. The van der Waals surface area contributed by atoms with Gasteiger partial charge in [-0.1, -0.05) is 13.8 Å². The summed E-state index contributed by atoms with van der Waals surface area (Å²) in [4.78, 5) is 48.6. The number of carboxylic acid groups (broad SMARTS) is 1. The number of carboxylic acids is 1. The van der Waals surface area contributed by atoms with Crippen molar-refractivity contribution in [3.05, 3.63) is 0 Å². The van der Waals surface area contributed by atoms with Crippen molar-refractivity contribution in [2.45, 2.75) is 50.9 Å². The van der Waals surface area contributed by atoms with Gasteiger partial charge in [-0.25, -0.2) is 4.79 Å². The van der Waals surface area contributed by atoms with Crippen molar-refractivity contribution in [1.29, 1.82) is 0 Å². The summed E-state index contributed by atoms with van der Waals surface area (Å²) in [5, 5.41) is 16.7. The van der Waals surface area contributed by atoms with Crippen molar-refractivity contribution in [2.24, 2.45) is 11.7 Å². The van der Waals surface area contributed by atoms with Gasteiger partial charge in [0.05, 0.1) is 6.04 Å². The van der Waals surface area contributed by atoms with Crippen molar-refractivity contribution in [2.75, 3.05) is 23.5 Å².